The first-order valence-corrected chi connectivity index (χ1v) is 6.95. The van der Waals surface area contributed by atoms with Crippen molar-refractivity contribution in [2.75, 3.05) is 13.1 Å². The van der Waals surface area contributed by atoms with E-state index in [4.69, 9.17) is 0 Å². The van der Waals surface area contributed by atoms with Gasteiger partial charge in [0.2, 0.25) is 0 Å². The highest BCUT2D eigenvalue weighted by Crippen LogP contribution is 2.21. The molecule has 0 bridgehead atoms. The zero-order chi connectivity index (χ0) is 12.5. The van der Waals surface area contributed by atoms with Gasteiger partial charge in [-0.3, -0.25) is 0 Å². The lowest BCUT2D eigenvalue weighted by Crippen LogP contribution is -2.40. The summed E-state index contributed by atoms with van der Waals surface area (Å²) < 4.78 is 25.8. The molecule has 1 aliphatic rings. The number of imidazole rings is 1. The first kappa shape index (κ1) is 12.3. The Morgan fingerprint density at radius 1 is 1.59 bits per heavy atom. The summed E-state index contributed by atoms with van der Waals surface area (Å²) >= 11 is 0. The number of aromatic amines is 1. The average Bonchev–Trinajstić information content (AvgIpc) is 2.76. The summed E-state index contributed by atoms with van der Waals surface area (Å²) in [5.41, 5.74) is 0. The van der Waals surface area contributed by atoms with E-state index in [0.717, 1.165) is 19.1 Å². The lowest BCUT2D eigenvalue weighted by molar-refractivity contribution is -0.112. The molecule has 2 heterocycles. The number of aromatic nitrogens is 2. The van der Waals surface area contributed by atoms with Crippen molar-refractivity contribution in [3.05, 3.63) is 12.0 Å². The summed E-state index contributed by atoms with van der Waals surface area (Å²) in [4.78, 5) is 17.3. The molecule has 0 spiro atoms. The number of H-pyrrole nitrogens is 1. The van der Waals surface area contributed by atoms with E-state index in [9.17, 15) is 13.2 Å². The van der Waals surface area contributed by atoms with Crippen molar-refractivity contribution < 1.29 is 13.2 Å². The lowest BCUT2D eigenvalue weighted by atomic mass is 10.0. The van der Waals surface area contributed by atoms with Crippen molar-refractivity contribution in [1.29, 1.82) is 0 Å². The highest BCUT2D eigenvalue weighted by Gasteiger charge is 2.31. The summed E-state index contributed by atoms with van der Waals surface area (Å²) in [5, 5.41) is 0.0987. The van der Waals surface area contributed by atoms with Crippen LogP contribution in [0.15, 0.2) is 11.2 Å². The molecule has 0 saturated carbocycles. The number of rotatable bonds is 3. The Labute approximate surface area is 100 Å². The van der Waals surface area contributed by atoms with Crippen LogP contribution < -0.4 is 0 Å². The number of hydrogen-bond donors (Lipinski definition) is 1. The fraction of sp³-hybridized carbons (Fsp3) is 0.600. The normalized spacial score (nSPS) is 22.5. The highest BCUT2D eigenvalue weighted by molar-refractivity contribution is 7.89. The van der Waals surface area contributed by atoms with E-state index in [2.05, 4.69) is 9.97 Å². The third kappa shape index (κ3) is 2.39. The molecule has 1 unspecified atom stereocenters. The summed E-state index contributed by atoms with van der Waals surface area (Å²) in [6, 6.07) is 0. The van der Waals surface area contributed by atoms with Crippen LogP contribution in [0, 0.1) is 12.8 Å². The van der Waals surface area contributed by atoms with Crippen LogP contribution in [-0.2, 0) is 14.8 Å². The van der Waals surface area contributed by atoms with E-state index in [1.807, 2.05) is 0 Å². The van der Waals surface area contributed by atoms with E-state index in [1.165, 1.54) is 10.5 Å². The quantitative estimate of drug-likeness (QED) is 0.790. The Balaban J connectivity index is 2.23. The zero-order valence-corrected chi connectivity index (χ0v) is 10.4. The molecular weight excluding hydrogens is 242 g/mol. The molecule has 1 N–H and O–H groups in total. The predicted molar refractivity (Wildman–Crippen MR) is 60.9 cm³/mol. The predicted octanol–water partition coefficient (Wildman–Crippen LogP) is 0.318. The molecule has 1 aliphatic heterocycles. The van der Waals surface area contributed by atoms with Crippen molar-refractivity contribution in [2.24, 2.45) is 5.92 Å². The molecule has 1 aromatic rings. The molecule has 6 nitrogen and oxygen atoms in total. The zero-order valence-electron chi connectivity index (χ0n) is 9.59. The molecule has 94 valence electrons. The summed E-state index contributed by atoms with van der Waals surface area (Å²) in [6.45, 7) is 2.43. The van der Waals surface area contributed by atoms with Crippen LogP contribution in [0.5, 0.6) is 0 Å². The Bertz CT molecular complexity index is 509. The number of sulfonamides is 1. The van der Waals surface area contributed by atoms with Gasteiger partial charge in [-0.25, -0.2) is 13.4 Å². The Morgan fingerprint density at radius 3 is 2.94 bits per heavy atom. The third-order valence-electron chi connectivity index (χ3n) is 2.91. The maximum Gasteiger partial charge on any atom is 0.260 e. The number of carbonyl (C=O) groups excluding carboxylic acids is 1. The van der Waals surface area contributed by atoms with Gasteiger partial charge >= 0.3 is 0 Å². The summed E-state index contributed by atoms with van der Waals surface area (Å²) in [5.74, 6) is 0.370. The molecule has 7 heteroatoms. The van der Waals surface area contributed by atoms with Crippen LogP contribution in [0.25, 0.3) is 0 Å². The third-order valence-corrected chi connectivity index (χ3v) is 4.69. The van der Waals surface area contributed by atoms with E-state index >= 15 is 0 Å². The molecule has 17 heavy (non-hydrogen) atoms. The van der Waals surface area contributed by atoms with Crippen LogP contribution >= 0.6 is 0 Å². The largest absolute Gasteiger partial charge is 0.332 e. The SMILES string of the molecule is Cc1ncc(S(=O)(=O)N2CCCC(C=O)C2)[nH]1. The molecule has 1 aromatic heterocycles. The van der Waals surface area contributed by atoms with Gasteiger partial charge in [0.05, 0.1) is 6.20 Å². The van der Waals surface area contributed by atoms with Gasteiger partial charge in [0.25, 0.3) is 10.0 Å². The first-order valence-electron chi connectivity index (χ1n) is 5.51. The number of piperidine rings is 1. The molecular formula is C10H15N3O3S. The van der Waals surface area contributed by atoms with E-state index in [1.54, 1.807) is 6.92 Å². The van der Waals surface area contributed by atoms with E-state index < -0.39 is 10.0 Å². The number of hydrogen-bond acceptors (Lipinski definition) is 4. The van der Waals surface area contributed by atoms with Crippen molar-refractivity contribution >= 4 is 16.3 Å². The van der Waals surface area contributed by atoms with Crippen LogP contribution in [0.4, 0.5) is 0 Å². The average molecular weight is 257 g/mol. The Hall–Kier alpha value is -1.21. The minimum Gasteiger partial charge on any atom is -0.332 e. The molecule has 1 atom stereocenters. The van der Waals surface area contributed by atoms with Gasteiger partial charge in [-0.15, -0.1) is 0 Å². The van der Waals surface area contributed by atoms with Gasteiger partial charge in [-0.05, 0) is 19.8 Å². The van der Waals surface area contributed by atoms with Gasteiger partial charge in [-0.2, -0.15) is 4.31 Å². The number of carbonyl (C=O) groups is 1. The molecule has 0 amide bonds. The molecule has 1 fully saturated rings. The van der Waals surface area contributed by atoms with Crippen molar-refractivity contribution in [3.63, 3.8) is 0 Å². The lowest BCUT2D eigenvalue weighted by Gasteiger charge is -2.28. The molecule has 0 aliphatic carbocycles. The van der Waals surface area contributed by atoms with E-state index in [0.29, 0.717) is 12.4 Å². The standard InChI is InChI=1S/C10H15N3O3S/c1-8-11-5-10(12-8)17(15,16)13-4-2-3-9(6-13)7-14/h5,7,9H,2-4,6H2,1H3,(H,11,12). The second-order valence-corrected chi connectivity index (χ2v) is 6.14. The van der Waals surface area contributed by atoms with Crippen molar-refractivity contribution in [3.8, 4) is 0 Å². The second-order valence-electron chi connectivity index (χ2n) is 4.23. The van der Waals surface area contributed by atoms with Gasteiger partial charge in [-0.1, -0.05) is 0 Å². The maximum atomic E-state index is 12.2. The number of aldehydes is 1. The van der Waals surface area contributed by atoms with Gasteiger partial charge < -0.3 is 9.78 Å². The van der Waals surface area contributed by atoms with E-state index in [-0.39, 0.29) is 17.5 Å². The van der Waals surface area contributed by atoms with Gasteiger partial charge in [0.1, 0.15) is 12.1 Å². The van der Waals surface area contributed by atoms with Gasteiger partial charge in [0.15, 0.2) is 5.03 Å². The Kier molecular flexibility index (Phi) is 3.30. The fourth-order valence-corrected chi connectivity index (χ4v) is 3.47. The first-order chi connectivity index (χ1) is 8.04. The van der Waals surface area contributed by atoms with Crippen LogP contribution in [0.3, 0.4) is 0 Å². The number of nitrogens with zero attached hydrogens (tertiary/aromatic N) is 2. The highest BCUT2D eigenvalue weighted by atomic mass is 32.2. The smallest absolute Gasteiger partial charge is 0.260 e. The van der Waals surface area contributed by atoms with Crippen LogP contribution in [0.2, 0.25) is 0 Å². The number of nitrogens with one attached hydrogen (secondary N) is 1. The van der Waals surface area contributed by atoms with Crippen molar-refractivity contribution in [1.82, 2.24) is 14.3 Å². The summed E-state index contributed by atoms with van der Waals surface area (Å²) in [7, 11) is -3.53. The maximum absolute atomic E-state index is 12.2. The molecule has 1 saturated heterocycles. The van der Waals surface area contributed by atoms with Crippen LogP contribution in [0.1, 0.15) is 18.7 Å². The monoisotopic (exact) mass is 257 g/mol. The fourth-order valence-electron chi connectivity index (χ4n) is 1.97. The topological polar surface area (TPSA) is 83.1 Å². The Morgan fingerprint density at radius 2 is 2.35 bits per heavy atom. The second kappa shape index (κ2) is 4.58. The molecule has 0 radical (unpaired) electrons. The minimum absolute atomic E-state index is 0.0987. The number of aryl methyl sites for hydroxylation is 1. The van der Waals surface area contributed by atoms with Crippen LogP contribution in [-0.4, -0.2) is 42.1 Å². The molecule has 0 aromatic carbocycles. The minimum atomic E-state index is -3.53. The summed E-state index contributed by atoms with van der Waals surface area (Å²) in [6.07, 6.45) is 3.63. The molecule has 2 rings (SSSR count). The van der Waals surface area contributed by atoms with Gasteiger partial charge in [0, 0.05) is 19.0 Å². The van der Waals surface area contributed by atoms with Crippen molar-refractivity contribution in [2.45, 2.75) is 24.8 Å².